The van der Waals surface area contributed by atoms with Gasteiger partial charge in [-0.2, -0.15) is 4.31 Å². The molecule has 2 aromatic carbocycles. The molecule has 2 aromatic rings. The molecule has 0 aromatic heterocycles. The molecule has 2 amide bonds. The number of amides is 2. The molecule has 1 N–H and O–H groups in total. The average Bonchev–Trinajstić information content (AvgIpc) is 3.31. The van der Waals surface area contributed by atoms with E-state index in [-0.39, 0.29) is 22.6 Å². The van der Waals surface area contributed by atoms with Gasteiger partial charge in [-0.15, -0.1) is 0 Å². The highest BCUT2D eigenvalue weighted by Gasteiger charge is 2.39. The normalized spacial score (nSPS) is 20.1. The first-order valence-corrected chi connectivity index (χ1v) is 12.9. The van der Waals surface area contributed by atoms with E-state index in [4.69, 9.17) is 0 Å². The number of carbonyl (C=O) groups excluding carboxylic acids is 2. The summed E-state index contributed by atoms with van der Waals surface area (Å²) in [5.74, 6) is -0.463. The van der Waals surface area contributed by atoms with E-state index >= 15 is 0 Å². The van der Waals surface area contributed by atoms with Crippen LogP contribution in [0.5, 0.6) is 0 Å². The van der Waals surface area contributed by atoms with Gasteiger partial charge in [0, 0.05) is 31.2 Å². The average molecular weight is 470 g/mol. The van der Waals surface area contributed by atoms with E-state index in [0.717, 1.165) is 23.2 Å². The lowest BCUT2D eigenvalue weighted by Gasteiger charge is -2.34. The first kappa shape index (κ1) is 23.4. The van der Waals surface area contributed by atoms with Crippen molar-refractivity contribution in [2.75, 3.05) is 25.0 Å². The second-order valence-electron chi connectivity index (χ2n) is 9.04. The molecule has 0 spiro atoms. The van der Waals surface area contributed by atoms with Crippen LogP contribution in [0, 0.1) is 19.8 Å². The van der Waals surface area contributed by atoms with Crippen molar-refractivity contribution in [3.05, 3.63) is 59.7 Å². The number of rotatable bonds is 5. The molecule has 2 saturated heterocycles. The minimum absolute atomic E-state index is 0.0380. The van der Waals surface area contributed by atoms with Crippen LogP contribution in [0.3, 0.4) is 0 Å². The number of benzene rings is 2. The van der Waals surface area contributed by atoms with Crippen LogP contribution in [-0.4, -0.2) is 55.1 Å². The molecule has 4 rings (SSSR count). The molecule has 33 heavy (non-hydrogen) atoms. The van der Waals surface area contributed by atoms with Crippen LogP contribution >= 0.6 is 0 Å². The van der Waals surface area contributed by atoms with Crippen molar-refractivity contribution in [2.45, 2.75) is 50.5 Å². The second kappa shape index (κ2) is 9.65. The second-order valence-corrected chi connectivity index (χ2v) is 11.0. The zero-order valence-electron chi connectivity index (χ0n) is 19.2. The molecule has 1 atom stereocenters. The van der Waals surface area contributed by atoms with Crippen molar-refractivity contribution in [3.63, 3.8) is 0 Å². The first-order valence-electron chi connectivity index (χ1n) is 11.5. The molecule has 8 heteroatoms. The van der Waals surface area contributed by atoms with Crippen molar-refractivity contribution in [2.24, 2.45) is 5.92 Å². The quantitative estimate of drug-likeness (QED) is 0.728. The summed E-state index contributed by atoms with van der Waals surface area (Å²) in [4.78, 5) is 28.1. The van der Waals surface area contributed by atoms with Gasteiger partial charge in [0.05, 0.1) is 4.90 Å². The van der Waals surface area contributed by atoms with Gasteiger partial charge in [-0.1, -0.05) is 35.4 Å². The van der Waals surface area contributed by atoms with Gasteiger partial charge in [0.2, 0.25) is 21.8 Å². The number of anilines is 1. The van der Waals surface area contributed by atoms with E-state index < -0.39 is 16.1 Å². The molecule has 0 radical (unpaired) electrons. The van der Waals surface area contributed by atoms with E-state index in [1.807, 2.05) is 38.1 Å². The lowest BCUT2D eigenvalue weighted by molar-refractivity contribution is -0.141. The maximum atomic E-state index is 13.3. The van der Waals surface area contributed by atoms with Crippen molar-refractivity contribution in [1.82, 2.24) is 9.21 Å². The number of hydrogen-bond acceptors (Lipinski definition) is 4. The van der Waals surface area contributed by atoms with Gasteiger partial charge >= 0.3 is 0 Å². The van der Waals surface area contributed by atoms with Crippen LogP contribution in [0.1, 0.15) is 36.8 Å². The number of aryl methyl sites for hydroxylation is 2. The van der Waals surface area contributed by atoms with Crippen LogP contribution in [0.25, 0.3) is 0 Å². The van der Waals surface area contributed by atoms with Crippen molar-refractivity contribution >= 4 is 27.5 Å². The van der Waals surface area contributed by atoms with Gasteiger partial charge in [0.15, 0.2) is 0 Å². The Balaban J connectivity index is 1.37. The summed E-state index contributed by atoms with van der Waals surface area (Å²) in [7, 11) is -3.56. The molecule has 2 aliphatic rings. The first-order chi connectivity index (χ1) is 15.8. The minimum atomic E-state index is -3.56. The molecule has 0 aliphatic carbocycles. The van der Waals surface area contributed by atoms with Gasteiger partial charge in [-0.05, 0) is 63.8 Å². The Labute approximate surface area is 195 Å². The number of piperidine rings is 1. The third-order valence-corrected chi connectivity index (χ3v) is 8.53. The predicted octanol–water partition coefficient (Wildman–Crippen LogP) is 3.33. The van der Waals surface area contributed by atoms with Crippen LogP contribution in [0.4, 0.5) is 5.69 Å². The summed E-state index contributed by atoms with van der Waals surface area (Å²) < 4.78 is 27.4. The van der Waals surface area contributed by atoms with Crippen molar-refractivity contribution in [1.29, 1.82) is 0 Å². The fraction of sp³-hybridized carbons (Fsp3) is 0.440. The highest BCUT2D eigenvalue weighted by atomic mass is 32.2. The summed E-state index contributed by atoms with van der Waals surface area (Å²) in [6.45, 7) is 5.08. The zero-order valence-corrected chi connectivity index (χ0v) is 20.0. The molecule has 2 heterocycles. The summed E-state index contributed by atoms with van der Waals surface area (Å²) >= 11 is 0. The molecule has 0 bridgehead atoms. The largest absolute Gasteiger partial charge is 0.330 e. The number of nitrogens with zero attached hydrogens (tertiary/aromatic N) is 2. The minimum Gasteiger partial charge on any atom is -0.330 e. The van der Waals surface area contributed by atoms with E-state index in [1.165, 1.54) is 4.31 Å². The number of sulfonamides is 1. The molecule has 2 fully saturated rings. The van der Waals surface area contributed by atoms with Crippen LogP contribution in [-0.2, 0) is 19.6 Å². The van der Waals surface area contributed by atoms with E-state index in [9.17, 15) is 18.0 Å². The maximum Gasteiger partial charge on any atom is 0.247 e. The Morgan fingerprint density at radius 1 is 0.848 bits per heavy atom. The molecule has 0 unspecified atom stereocenters. The Hall–Kier alpha value is -2.71. The summed E-state index contributed by atoms with van der Waals surface area (Å²) in [5, 5.41) is 2.93. The number of likely N-dealkylation sites (tertiary alicyclic amines) is 1. The van der Waals surface area contributed by atoms with Crippen LogP contribution in [0.15, 0.2) is 53.4 Å². The van der Waals surface area contributed by atoms with Crippen molar-refractivity contribution < 1.29 is 18.0 Å². The highest BCUT2D eigenvalue weighted by Crippen LogP contribution is 2.28. The summed E-state index contributed by atoms with van der Waals surface area (Å²) in [6.07, 6.45) is 2.36. The molecule has 2 aliphatic heterocycles. The topological polar surface area (TPSA) is 86.8 Å². The van der Waals surface area contributed by atoms with Gasteiger partial charge in [0.1, 0.15) is 6.04 Å². The molecular formula is C25H31N3O4S. The van der Waals surface area contributed by atoms with Gasteiger partial charge in [0.25, 0.3) is 0 Å². The third kappa shape index (κ3) is 5.12. The summed E-state index contributed by atoms with van der Waals surface area (Å²) in [6, 6.07) is 13.9. The van der Waals surface area contributed by atoms with Gasteiger partial charge < -0.3 is 10.2 Å². The standard InChI is InChI=1S/C25H31N3O4S/c1-18-5-9-21(10-6-18)26-24(29)23-4-3-15-28(23)25(30)20-13-16-27(17-14-20)33(31,32)22-11-7-19(2)8-12-22/h5-12,20,23H,3-4,13-17H2,1-2H3,(H,26,29)/t23-/m0/s1. The number of nitrogens with one attached hydrogen (secondary N) is 1. The molecule has 0 saturated carbocycles. The molecule has 176 valence electrons. The number of carbonyl (C=O) groups is 2. The van der Waals surface area contributed by atoms with Crippen LogP contribution in [0.2, 0.25) is 0 Å². The zero-order chi connectivity index (χ0) is 23.6. The SMILES string of the molecule is Cc1ccc(NC(=O)[C@@H]2CCCN2C(=O)C2CCN(S(=O)(=O)c3ccc(C)cc3)CC2)cc1. The lowest BCUT2D eigenvalue weighted by Crippen LogP contribution is -2.48. The molecular weight excluding hydrogens is 438 g/mol. The molecule has 7 nitrogen and oxygen atoms in total. The van der Waals surface area contributed by atoms with E-state index in [0.29, 0.717) is 38.9 Å². The fourth-order valence-corrected chi connectivity index (χ4v) is 6.07. The van der Waals surface area contributed by atoms with Gasteiger partial charge in [-0.25, -0.2) is 8.42 Å². The highest BCUT2D eigenvalue weighted by molar-refractivity contribution is 7.89. The summed E-state index contributed by atoms with van der Waals surface area (Å²) in [5.41, 5.74) is 2.84. The third-order valence-electron chi connectivity index (χ3n) is 6.62. The maximum absolute atomic E-state index is 13.3. The Morgan fingerprint density at radius 2 is 1.42 bits per heavy atom. The predicted molar refractivity (Wildman–Crippen MR) is 127 cm³/mol. The van der Waals surface area contributed by atoms with Gasteiger partial charge in [-0.3, -0.25) is 9.59 Å². The van der Waals surface area contributed by atoms with Crippen LogP contribution < -0.4 is 5.32 Å². The monoisotopic (exact) mass is 469 g/mol. The number of hydrogen-bond donors (Lipinski definition) is 1. The Kier molecular flexibility index (Phi) is 6.86. The smallest absolute Gasteiger partial charge is 0.247 e. The Bertz CT molecular complexity index is 1110. The van der Waals surface area contributed by atoms with Crippen molar-refractivity contribution in [3.8, 4) is 0 Å². The van der Waals surface area contributed by atoms with E-state index in [1.54, 1.807) is 29.2 Å². The fourth-order valence-electron chi connectivity index (χ4n) is 4.60. The lowest BCUT2D eigenvalue weighted by atomic mass is 9.96. The Morgan fingerprint density at radius 3 is 2.03 bits per heavy atom. The van der Waals surface area contributed by atoms with E-state index in [2.05, 4.69) is 5.32 Å².